The van der Waals surface area contributed by atoms with Crippen molar-refractivity contribution in [3.8, 4) is 0 Å². The molecule has 1 saturated carbocycles. The number of fused-ring (bicyclic) bond motifs is 2. The Balaban J connectivity index is 1.48. The average Bonchev–Trinajstić information content (AvgIpc) is 2.87. The standard InChI is InChI=1S/C22H39NO6/c1-13-7-8-17-14(2)18(25-12-15(24)11-23-20(3,4)5)26-19-22(17)16(13)9-10-21(6,27-19)28-29-22/h13-19,23-24H,7-12H2,1-6H3/t13-,14-,15?,16?,17?,18+,19+,21-,22-/m1/s1. The van der Waals surface area contributed by atoms with Gasteiger partial charge < -0.3 is 24.6 Å². The Labute approximate surface area is 174 Å². The molecule has 0 aromatic rings. The topological polar surface area (TPSA) is 78.4 Å². The first-order valence-electron chi connectivity index (χ1n) is 11.3. The van der Waals surface area contributed by atoms with E-state index in [0.717, 1.165) is 19.3 Å². The third kappa shape index (κ3) is 4.00. The number of rotatable bonds is 5. The molecule has 5 fully saturated rings. The SMILES string of the molecule is C[C@@H]1CCC2[C@@H](C)[C@@H](OCC(O)CNC(C)(C)C)O[C@H]3O[C@@]4(C)CCC1[C@@]23OO4. The van der Waals surface area contributed by atoms with Gasteiger partial charge >= 0.3 is 0 Å². The minimum atomic E-state index is -0.779. The zero-order chi connectivity index (χ0) is 21.0. The highest BCUT2D eigenvalue weighted by molar-refractivity contribution is 5.09. The van der Waals surface area contributed by atoms with Gasteiger partial charge in [0.25, 0.3) is 0 Å². The number of ether oxygens (including phenoxy) is 3. The van der Waals surface area contributed by atoms with Crippen molar-refractivity contribution < 1.29 is 29.1 Å². The number of nitrogens with one attached hydrogen (secondary N) is 1. The molecule has 3 unspecified atom stereocenters. The summed E-state index contributed by atoms with van der Waals surface area (Å²) in [6.45, 7) is 13.3. The summed E-state index contributed by atoms with van der Waals surface area (Å²) in [7, 11) is 0. The second-order valence-electron chi connectivity index (χ2n) is 10.9. The molecule has 2 bridgehead atoms. The molecule has 4 saturated heterocycles. The van der Waals surface area contributed by atoms with E-state index in [-0.39, 0.29) is 24.0 Å². The fourth-order valence-electron chi connectivity index (χ4n) is 5.75. The lowest BCUT2D eigenvalue weighted by atomic mass is 9.58. The van der Waals surface area contributed by atoms with Crippen LogP contribution in [0.25, 0.3) is 0 Å². The molecule has 1 aliphatic carbocycles. The fourth-order valence-corrected chi connectivity index (χ4v) is 5.75. The van der Waals surface area contributed by atoms with Crippen LogP contribution in [0.3, 0.4) is 0 Å². The molecule has 7 nitrogen and oxygen atoms in total. The van der Waals surface area contributed by atoms with E-state index in [9.17, 15) is 5.11 Å². The normalized spacial score (nSPS) is 48.1. The molecule has 0 radical (unpaired) electrons. The van der Waals surface area contributed by atoms with Crippen molar-refractivity contribution in [1.82, 2.24) is 5.32 Å². The quantitative estimate of drug-likeness (QED) is 0.671. The summed E-state index contributed by atoms with van der Waals surface area (Å²) >= 11 is 0. The van der Waals surface area contributed by atoms with Crippen molar-refractivity contribution in [2.75, 3.05) is 13.2 Å². The van der Waals surface area contributed by atoms with Crippen molar-refractivity contribution in [2.24, 2.45) is 23.7 Å². The molecule has 4 heterocycles. The highest BCUT2D eigenvalue weighted by Crippen LogP contribution is 2.60. The molecule has 9 atom stereocenters. The van der Waals surface area contributed by atoms with E-state index in [1.54, 1.807) is 0 Å². The molecule has 1 spiro atoms. The second-order valence-corrected chi connectivity index (χ2v) is 10.9. The van der Waals surface area contributed by atoms with Gasteiger partial charge in [-0.15, -0.1) is 0 Å². The van der Waals surface area contributed by atoms with Gasteiger partial charge in [-0.2, -0.15) is 0 Å². The first-order valence-corrected chi connectivity index (χ1v) is 11.3. The van der Waals surface area contributed by atoms with Crippen LogP contribution in [0.2, 0.25) is 0 Å². The fraction of sp³-hybridized carbons (Fsp3) is 1.00. The van der Waals surface area contributed by atoms with Gasteiger partial charge in [0.2, 0.25) is 5.79 Å². The molecule has 0 amide bonds. The van der Waals surface area contributed by atoms with E-state index in [1.807, 2.05) is 6.92 Å². The Hall–Kier alpha value is -0.280. The first kappa shape index (κ1) is 21.9. The Bertz CT molecular complexity index is 596. The van der Waals surface area contributed by atoms with E-state index < -0.39 is 30.1 Å². The van der Waals surface area contributed by atoms with Crippen LogP contribution in [-0.2, 0) is 24.0 Å². The maximum atomic E-state index is 10.3. The summed E-state index contributed by atoms with van der Waals surface area (Å²) in [5, 5.41) is 13.7. The van der Waals surface area contributed by atoms with Gasteiger partial charge in [-0.3, -0.25) is 0 Å². The minimum absolute atomic E-state index is 0.0456. The molecule has 2 N–H and O–H groups in total. The maximum absolute atomic E-state index is 10.3. The lowest BCUT2D eigenvalue weighted by molar-refractivity contribution is -0.577. The summed E-state index contributed by atoms with van der Waals surface area (Å²) < 4.78 is 18.8. The van der Waals surface area contributed by atoms with Gasteiger partial charge in [0.1, 0.15) is 0 Å². The van der Waals surface area contributed by atoms with Gasteiger partial charge in [0.05, 0.1) is 12.7 Å². The van der Waals surface area contributed by atoms with Crippen molar-refractivity contribution >= 4 is 0 Å². The second kappa shape index (κ2) is 7.69. The van der Waals surface area contributed by atoms with E-state index in [2.05, 4.69) is 39.9 Å². The Morgan fingerprint density at radius 2 is 1.90 bits per heavy atom. The number of hydrogen-bond acceptors (Lipinski definition) is 7. The van der Waals surface area contributed by atoms with Gasteiger partial charge in [-0.05, 0) is 58.8 Å². The highest BCUT2D eigenvalue weighted by Gasteiger charge is 2.69. The van der Waals surface area contributed by atoms with Crippen LogP contribution in [0, 0.1) is 23.7 Å². The number of β-amino-alcohol motifs (C(OH)–C–C–N with tert-alkyl or cyclic N) is 1. The lowest BCUT2D eigenvalue weighted by Gasteiger charge is -2.60. The molecule has 0 aromatic carbocycles. The van der Waals surface area contributed by atoms with Crippen LogP contribution < -0.4 is 5.32 Å². The Morgan fingerprint density at radius 1 is 1.14 bits per heavy atom. The molecular weight excluding hydrogens is 374 g/mol. The van der Waals surface area contributed by atoms with Gasteiger partial charge in [0, 0.05) is 30.3 Å². The predicted molar refractivity (Wildman–Crippen MR) is 107 cm³/mol. The largest absolute Gasteiger partial charge is 0.389 e. The summed E-state index contributed by atoms with van der Waals surface area (Å²) in [6.07, 6.45) is 2.49. The summed E-state index contributed by atoms with van der Waals surface area (Å²) in [5.74, 6) is 0.470. The molecule has 5 aliphatic rings. The summed E-state index contributed by atoms with van der Waals surface area (Å²) in [4.78, 5) is 12.0. The zero-order valence-electron chi connectivity index (χ0n) is 18.8. The monoisotopic (exact) mass is 413 g/mol. The number of aliphatic hydroxyl groups is 1. The molecule has 4 aliphatic heterocycles. The highest BCUT2D eigenvalue weighted by atomic mass is 17.3. The van der Waals surface area contributed by atoms with Crippen LogP contribution in [0.5, 0.6) is 0 Å². The van der Waals surface area contributed by atoms with Crippen molar-refractivity contribution in [3.05, 3.63) is 0 Å². The summed E-state index contributed by atoms with van der Waals surface area (Å²) in [5.41, 5.74) is -0.616. The zero-order valence-corrected chi connectivity index (χ0v) is 18.8. The van der Waals surface area contributed by atoms with Crippen molar-refractivity contribution in [2.45, 2.75) is 103 Å². The summed E-state index contributed by atoms with van der Waals surface area (Å²) in [6, 6.07) is 0. The third-order valence-corrected chi connectivity index (χ3v) is 7.42. The van der Waals surface area contributed by atoms with Crippen LogP contribution in [-0.4, -0.2) is 53.9 Å². The Kier molecular flexibility index (Phi) is 5.82. The number of hydrogen-bond donors (Lipinski definition) is 2. The van der Waals surface area contributed by atoms with Gasteiger partial charge in [-0.25, -0.2) is 9.78 Å². The molecular formula is C22H39NO6. The maximum Gasteiger partial charge on any atom is 0.201 e. The van der Waals surface area contributed by atoms with Crippen LogP contribution >= 0.6 is 0 Å². The minimum Gasteiger partial charge on any atom is -0.389 e. The van der Waals surface area contributed by atoms with Crippen molar-refractivity contribution in [3.63, 3.8) is 0 Å². The predicted octanol–water partition coefficient (Wildman–Crippen LogP) is 2.96. The van der Waals surface area contributed by atoms with E-state index in [1.165, 1.54) is 6.42 Å². The molecule has 5 rings (SSSR count). The van der Waals surface area contributed by atoms with E-state index >= 15 is 0 Å². The third-order valence-electron chi connectivity index (χ3n) is 7.42. The number of aliphatic hydroxyl groups excluding tert-OH is 1. The van der Waals surface area contributed by atoms with Gasteiger partial charge in [-0.1, -0.05) is 13.8 Å². The average molecular weight is 414 g/mol. The molecule has 168 valence electrons. The molecule has 7 heteroatoms. The van der Waals surface area contributed by atoms with Crippen molar-refractivity contribution in [1.29, 1.82) is 0 Å². The molecule has 0 aromatic heterocycles. The van der Waals surface area contributed by atoms with Crippen LogP contribution in [0.4, 0.5) is 0 Å². The Morgan fingerprint density at radius 3 is 2.62 bits per heavy atom. The molecule has 29 heavy (non-hydrogen) atoms. The van der Waals surface area contributed by atoms with Gasteiger partial charge in [0.15, 0.2) is 18.2 Å². The lowest BCUT2D eigenvalue weighted by Crippen LogP contribution is -2.70. The van der Waals surface area contributed by atoms with E-state index in [4.69, 9.17) is 24.0 Å². The smallest absolute Gasteiger partial charge is 0.201 e. The van der Waals surface area contributed by atoms with Crippen LogP contribution in [0.15, 0.2) is 0 Å². The van der Waals surface area contributed by atoms with Crippen LogP contribution in [0.1, 0.15) is 67.2 Å². The first-order chi connectivity index (χ1) is 13.5. The van der Waals surface area contributed by atoms with E-state index in [0.29, 0.717) is 18.4 Å².